The fourth-order valence-electron chi connectivity index (χ4n) is 2.89. The molecule has 1 unspecified atom stereocenters. The Kier molecular flexibility index (Phi) is 5.94. The third-order valence-corrected chi connectivity index (χ3v) is 4.82. The molecule has 118 valence electrons. The summed E-state index contributed by atoms with van der Waals surface area (Å²) >= 11 is 1.57. The van der Waals surface area contributed by atoms with E-state index in [1.54, 1.807) is 17.1 Å². The first kappa shape index (κ1) is 16.6. The van der Waals surface area contributed by atoms with Gasteiger partial charge >= 0.3 is 0 Å². The van der Waals surface area contributed by atoms with Crippen molar-refractivity contribution in [3.63, 3.8) is 0 Å². The molecule has 0 fully saturated rings. The minimum atomic E-state index is 0.0553. The molecular weight excluding hydrogens is 278 g/mol. The van der Waals surface area contributed by atoms with Gasteiger partial charge in [0.1, 0.15) is 0 Å². The second-order valence-corrected chi connectivity index (χ2v) is 7.79. The summed E-state index contributed by atoms with van der Waals surface area (Å²) in [7, 11) is 0. The van der Waals surface area contributed by atoms with Gasteiger partial charge in [0, 0.05) is 5.41 Å². The van der Waals surface area contributed by atoms with E-state index in [9.17, 15) is 0 Å². The van der Waals surface area contributed by atoms with Crippen LogP contribution in [0.2, 0.25) is 0 Å². The Bertz CT molecular complexity index is 471. The Morgan fingerprint density at radius 3 is 2.81 bits per heavy atom. The highest BCUT2D eigenvalue weighted by Crippen LogP contribution is 2.36. The van der Waals surface area contributed by atoms with E-state index in [0.717, 1.165) is 18.7 Å². The lowest BCUT2D eigenvalue weighted by Crippen LogP contribution is -2.26. The average molecular weight is 308 g/mol. The van der Waals surface area contributed by atoms with Crippen molar-refractivity contribution in [2.45, 2.75) is 77.7 Å². The van der Waals surface area contributed by atoms with Crippen LogP contribution in [-0.2, 0) is 5.41 Å². The first-order valence-electron chi connectivity index (χ1n) is 8.29. The summed E-state index contributed by atoms with van der Waals surface area (Å²) in [5.74, 6) is 0. The van der Waals surface area contributed by atoms with Crippen LogP contribution in [0.5, 0.6) is 0 Å². The Hall–Kier alpha value is -0.740. The van der Waals surface area contributed by atoms with Crippen LogP contribution in [0, 0.1) is 0 Å². The molecule has 0 radical (unpaired) electrons. The van der Waals surface area contributed by atoms with Gasteiger partial charge in [0.25, 0.3) is 0 Å². The summed E-state index contributed by atoms with van der Waals surface area (Å²) in [6.07, 6.45) is 10.0. The van der Waals surface area contributed by atoms with Crippen molar-refractivity contribution in [1.82, 2.24) is 14.9 Å². The van der Waals surface area contributed by atoms with Crippen molar-refractivity contribution in [3.8, 4) is 0 Å². The lowest BCUT2D eigenvalue weighted by Gasteiger charge is -2.24. The Morgan fingerprint density at radius 2 is 2.10 bits per heavy atom. The predicted molar refractivity (Wildman–Crippen MR) is 90.8 cm³/mol. The maximum Gasteiger partial charge on any atom is 0.0860 e. The summed E-state index contributed by atoms with van der Waals surface area (Å²) < 4.78 is 4.26. The van der Waals surface area contributed by atoms with Gasteiger partial charge in [-0.2, -0.15) is 0 Å². The van der Waals surface area contributed by atoms with Gasteiger partial charge < -0.3 is 5.32 Å². The molecule has 0 bridgehead atoms. The summed E-state index contributed by atoms with van der Waals surface area (Å²) in [5.41, 5.74) is 2.77. The van der Waals surface area contributed by atoms with Crippen LogP contribution in [-0.4, -0.2) is 16.1 Å². The number of aromatic nitrogens is 2. The van der Waals surface area contributed by atoms with E-state index in [1.165, 1.54) is 37.0 Å². The van der Waals surface area contributed by atoms with E-state index < -0.39 is 0 Å². The molecule has 0 spiro atoms. The summed E-state index contributed by atoms with van der Waals surface area (Å²) in [5, 5.41) is 8.18. The maximum absolute atomic E-state index is 4.44. The molecule has 2 rings (SSSR count). The highest BCUT2D eigenvalue weighted by atomic mass is 32.1. The zero-order chi connectivity index (χ0) is 15.3. The van der Waals surface area contributed by atoms with Gasteiger partial charge in [-0.3, -0.25) is 0 Å². The van der Waals surface area contributed by atoms with E-state index in [1.807, 2.05) is 0 Å². The van der Waals surface area contributed by atoms with Gasteiger partial charge in [-0.25, -0.2) is 0 Å². The second kappa shape index (κ2) is 7.50. The maximum atomic E-state index is 4.44. The SMILES string of the molecule is CCCNC(C1=CCCCCC1)c1snnc1C(C)(C)C. The van der Waals surface area contributed by atoms with Crippen molar-refractivity contribution in [2.24, 2.45) is 0 Å². The van der Waals surface area contributed by atoms with Crippen LogP contribution < -0.4 is 5.32 Å². The highest BCUT2D eigenvalue weighted by molar-refractivity contribution is 7.05. The first-order valence-corrected chi connectivity index (χ1v) is 9.06. The molecule has 1 N–H and O–H groups in total. The summed E-state index contributed by atoms with van der Waals surface area (Å²) in [4.78, 5) is 1.32. The Labute approximate surface area is 133 Å². The van der Waals surface area contributed by atoms with Crippen LogP contribution >= 0.6 is 11.5 Å². The van der Waals surface area contributed by atoms with Crippen LogP contribution in [0.1, 0.15) is 82.8 Å². The topological polar surface area (TPSA) is 37.8 Å². The molecular formula is C17H29N3S. The number of hydrogen-bond acceptors (Lipinski definition) is 4. The van der Waals surface area contributed by atoms with Gasteiger partial charge in [-0.05, 0) is 50.2 Å². The quantitative estimate of drug-likeness (QED) is 0.796. The van der Waals surface area contributed by atoms with Gasteiger partial charge in [0.2, 0.25) is 0 Å². The zero-order valence-corrected chi connectivity index (χ0v) is 14.7. The number of nitrogens with zero attached hydrogens (tertiary/aromatic N) is 2. The molecule has 0 aromatic carbocycles. The van der Waals surface area contributed by atoms with Crippen molar-refractivity contribution >= 4 is 11.5 Å². The van der Waals surface area contributed by atoms with Crippen molar-refractivity contribution in [3.05, 3.63) is 22.2 Å². The Morgan fingerprint density at radius 1 is 1.29 bits per heavy atom. The number of rotatable bonds is 5. The molecule has 0 amide bonds. The number of hydrogen-bond donors (Lipinski definition) is 1. The van der Waals surface area contributed by atoms with Crippen molar-refractivity contribution < 1.29 is 0 Å². The third kappa shape index (κ3) is 4.36. The highest BCUT2D eigenvalue weighted by Gasteiger charge is 2.29. The minimum Gasteiger partial charge on any atom is -0.306 e. The largest absolute Gasteiger partial charge is 0.306 e. The average Bonchev–Trinajstić information content (AvgIpc) is 2.76. The third-order valence-electron chi connectivity index (χ3n) is 4.03. The predicted octanol–water partition coefficient (Wildman–Crippen LogP) is 4.77. The molecule has 1 aliphatic carbocycles. The van der Waals surface area contributed by atoms with Crippen LogP contribution in [0.25, 0.3) is 0 Å². The van der Waals surface area contributed by atoms with E-state index in [4.69, 9.17) is 0 Å². The summed E-state index contributed by atoms with van der Waals surface area (Å²) in [6, 6.07) is 0.317. The van der Waals surface area contributed by atoms with E-state index in [2.05, 4.69) is 48.7 Å². The first-order chi connectivity index (χ1) is 10.0. The monoisotopic (exact) mass is 307 g/mol. The molecule has 1 aliphatic rings. The Balaban J connectivity index is 2.31. The zero-order valence-electron chi connectivity index (χ0n) is 13.9. The van der Waals surface area contributed by atoms with E-state index in [-0.39, 0.29) is 5.41 Å². The molecule has 0 aliphatic heterocycles. The molecule has 4 heteroatoms. The fraction of sp³-hybridized carbons (Fsp3) is 0.765. The molecule has 1 aromatic rings. The molecule has 21 heavy (non-hydrogen) atoms. The molecule has 1 atom stereocenters. The normalized spacial score (nSPS) is 18.2. The molecule has 3 nitrogen and oxygen atoms in total. The molecule has 0 saturated heterocycles. The molecule has 1 heterocycles. The van der Waals surface area contributed by atoms with E-state index in [0.29, 0.717) is 6.04 Å². The van der Waals surface area contributed by atoms with Gasteiger partial charge in [0.05, 0.1) is 16.6 Å². The molecule has 0 saturated carbocycles. The van der Waals surface area contributed by atoms with Gasteiger partial charge in [-0.15, -0.1) is 5.10 Å². The lowest BCUT2D eigenvalue weighted by atomic mass is 9.88. The standard InChI is InChI=1S/C17H29N3S/c1-5-12-18-14(13-10-8-6-7-9-11-13)15-16(17(2,3)4)19-20-21-15/h10,14,18H,5-9,11-12H2,1-4H3. The number of allylic oxidation sites excluding steroid dienone is 1. The second-order valence-electron chi connectivity index (χ2n) is 7.00. The van der Waals surface area contributed by atoms with Crippen molar-refractivity contribution in [1.29, 1.82) is 0 Å². The van der Waals surface area contributed by atoms with E-state index >= 15 is 0 Å². The summed E-state index contributed by atoms with van der Waals surface area (Å²) in [6.45, 7) is 9.95. The smallest absolute Gasteiger partial charge is 0.0860 e. The molecule has 1 aromatic heterocycles. The van der Waals surface area contributed by atoms with Gasteiger partial charge in [0.15, 0.2) is 0 Å². The van der Waals surface area contributed by atoms with Crippen LogP contribution in [0.3, 0.4) is 0 Å². The number of nitrogens with one attached hydrogen (secondary N) is 1. The minimum absolute atomic E-state index is 0.0553. The van der Waals surface area contributed by atoms with Gasteiger partial charge in [-0.1, -0.05) is 50.3 Å². The van der Waals surface area contributed by atoms with Crippen molar-refractivity contribution in [2.75, 3.05) is 6.54 Å². The van der Waals surface area contributed by atoms with Crippen LogP contribution in [0.4, 0.5) is 0 Å². The lowest BCUT2D eigenvalue weighted by molar-refractivity contribution is 0.527. The van der Waals surface area contributed by atoms with Crippen LogP contribution in [0.15, 0.2) is 11.6 Å². The fourth-order valence-corrected chi connectivity index (χ4v) is 3.87.